The van der Waals surface area contributed by atoms with Gasteiger partial charge in [0.15, 0.2) is 0 Å². The van der Waals surface area contributed by atoms with E-state index in [1.807, 2.05) is 37.3 Å². The standard InChI is InChI=1S/C18H17NO2/c1-14-6-4-10-17(12-14)19-18(21)16-9-5-8-15(13-16)7-2-3-11-20/h4-6,8-10,12-13,20H,3,11H2,1H3,(H,19,21). The van der Waals surface area contributed by atoms with Gasteiger partial charge in [-0.3, -0.25) is 4.79 Å². The molecule has 2 aromatic carbocycles. The topological polar surface area (TPSA) is 49.3 Å². The molecule has 0 atom stereocenters. The number of hydrogen-bond donors (Lipinski definition) is 2. The summed E-state index contributed by atoms with van der Waals surface area (Å²) in [5.74, 6) is 5.61. The van der Waals surface area contributed by atoms with Crippen LogP contribution in [0.3, 0.4) is 0 Å². The molecule has 0 saturated heterocycles. The van der Waals surface area contributed by atoms with Crippen molar-refractivity contribution >= 4 is 11.6 Å². The molecule has 1 amide bonds. The van der Waals surface area contributed by atoms with E-state index in [9.17, 15) is 4.79 Å². The highest BCUT2D eigenvalue weighted by molar-refractivity contribution is 6.04. The lowest BCUT2D eigenvalue weighted by Crippen LogP contribution is -2.11. The SMILES string of the molecule is Cc1cccc(NC(=O)c2cccc(C#CCCO)c2)c1. The van der Waals surface area contributed by atoms with Gasteiger partial charge in [0, 0.05) is 23.2 Å². The molecule has 2 N–H and O–H groups in total. The van der Waals surface area contributed by atoms with Crippen LogP contribution in [-0.4, -0.2) is 17.6 Å². The Bertz CT molecular complexity index is 696. The first kappa shape index (κ1) is 14.8. The van der Waals surface area contributed by atoms with Gasteiger partial charge in [-0.15, -0.1) is 0 Å². The molecule has 0 aliphatic rings. The Morgan fingerprint density at radius 1 is 1.19 bits per heavy atom. The third-order valence-electron chi connectivity index (χ3n) is 2.87. The van der Waals surface area contributed by atoms with E-state index in [-0.39, 0.29) is 12.5 Å². The van der Waals surface area contributed by atoms with Crippen molar-refractivity contribution in [2.45, 2.75) is 13.3 Å². The fourth-order valence-corrected chi connectivity index (χ4v) is 1.88. The zero-order valence-electron chi connectivity index (χ0n) is 11.9. The van der Waals surface area contributed by atoms with Crippen molar-refractivity contribution in [3.8, 4) is 11.8 Å². The maximum atomic E-state index is 12.2. The van der Waals surface area contributed by atoms with Crippen LogP contribution < -0.4 is 5.32 Å². The first-order chi connectivity index (χ1) is 10.2. The number of aryl methyl sites for hydroxylation is 1. The largest absolute Gasteiger partial charge is 0.395 e. The second-order valence-corrected chi connectivity index (χ2v) is 4.68. The number of aliphatic hydroxyl groups excluding tert-OH is 1. The monoisotopic (exact) mass is 279 g/mol. The number of rotatable bonds is 3. The van der Waals surface area contributed by atoms with Gasteiger partial charge in [-0.25, -0.2) is 0 Å². The summed E-state index contributed by atoms with van der Waals surface area (Å²) in [6, 6.07) is 14.8. The molecular weight excluding hydrogens is 262 g/mol. The third-order valence-corrected chi connectivity index (χ3v) is 2.87. The van der Waals surface area contributed by atoms with Crippen LogP contribution in [0.25, 0.3) is 0 Å². The Hall–Kier alpha value is -2.57. The zero-order valence-corrected chi connectivity index (χ0v) is 11.9. The number of amides is 1. The second-order valence-electron chi connectivity index (χ2n) is 4.68. The van der Waals surface area contributed by atoms with Gasteiger partial charge in [-0.2, -0.15) is 0 Å². The summed E-state index contributed by atoms with van der Waals surface area (Å²) in [7, 11) is 0. The average Bonchev–Trinajstić information content (AvgIpc) is 2.48. The summed E-state index contributed by atoms with van der Waals surface area (Å²) >= 11 is 0. The van der Waals surface area contributed by atoms with Gasteiger partial charge in [-0.1, -0.05) is 30.0 Å². The van der Waals surface area contributed by atoms with Crippen LogP contribution in [0.2, 0.25) is 0 Å². The van der Waals surface area contributed by atoms with E-state index in [0.717, 1.165) is 16.8 Å². The van der Waals surface area contributed by atoms with Crippen molar-refractivity contribution in [2.75, 3.05) is 11.9 Å². The van der Waals surface area contributed by atoms with Crippen LogP contribution in [0.1, 0.15) is 27.9 Å². The molecule has 3 heteroatoms. The van der Waals surface area contributed by atoms with E-state index in [1.165, 1.54) is 0 Å². The van der Waals surface area contributed by atoms with Gasteiger partial charge in [-0.05, 0) is 42.8 Å². The van der Waals surface area contributed by atoms with Gasteiger partial charge in [0.1, 0.15) is 0 Å². The maximum Gasteiger partial charge on any atom is 0.255 e. The highest BCUT2D eigenvalue weighted by atomic mass is 16.2. The van der Waals surface area contributed by atoms with E-state index in [1.54, 1.807) is 18.2 Å². The van der Waals surface area contributed by atoms with Crippen molar-refractivity contribution in [3.63, 3.8) is 0 Å². The maximum absolute atomic E-state index is 12.2. The Kier molecular flexibility index (Phi) is 5.14. The molecular formula is C18H17NO2. The van der Waals surface area contributed by atoms with Gasteiger partial charge in [0.2, 0.25) is 0 Å². The van der Waals surface area contributed by atoms with E-state index >= 15 is 0 Å². The Morgan fingerprint density at radius 3 is 2.76 bits per heavy atom. The van der Waals surface area contributed by atoms with Gasteiger partial charge >= 0.3 is 0 Å². The van der Waals surface area contributed by atoms with Gasteiger partial charge < -0.3 is 10.4 Å². The van der Waals surface area contributed by atoms with Crippen molar-refractivity contribution in [1.29, 1.82) is 0 Å². The minimum Gasteiger partial charge on any atom is -0.395 e. The number of anilines is 1. The molecule has 0 spiro atoms. The predicted octanol–water partition coefficient (Wildman–Crippen LogP) is 2.98. The second kappa shape index (κ2) is 7.28. The molecule has 0 unspecified atom stereocenters. The smallest absolute Gasteiger partial charge is 0.255 e. The number of nitrogens with one attached hydrogen (secondary N) is 1. The normalized spacial score (nSPS) is 9.62. The molecule has 0 bridgehead atoms. The van der Waals surface area contributed by atoms with Crippen molar-refractivity contribution in [2.24, 2.45) is 0 Å². The van der Waals surface area contributed by atoms with Gasteiger partial charge in [0.25, 0.3) is 5.91 Å². The molecule has 21 heavy (non-hydrogen) atoms. The van der Waals surface area contributed by atoms with Crippen molar-refractivity contribution < 1.29 is 9.90 Å². The van der Waals surface area contributed by atoms with Crippen LogP contribution in [0.4, 0.5) is 5.69 Å². The fourth-order valence-electron chi connectivity index (χ4n) is 1.88. The summed E-state index contributed by atoms with van der Waals surface area (Å²) in [5, 5.41) is 11.6. The highest BCUT2D eigenvalue weighted by Gasteiger charge is 2.06. The number of hydrogen-bond acceptors (Lipinski definition) is 2. The Labute approximate surface area is 124 Å². The summed E-state index contributed by atoms with van der Waals surface area (Å²) in [4.78, 5) is 12.2. The van der Waals surface area contributed by atoms with Crippen LogP contribution in [0.5, 0.6) is 0 Å². The molecule has 3 nitrogen and oxygen atoms in total. The van der Waals surface area contributed by atoms with Gasteiger partial charge in [0.05, 0.1) is 6.61 Å². The lowest BCUT2D eigenvalue weighted by molar-refractivity contribution is 0.102. The summed E-state index contributed by atoms with van der Waals surface area (Å²) in [6.45, 7) is 2.02. The number of carbonyl (C=O) groups excluding carboxylic acids is 1. The average molecular weight is 279 g/mol. The van der Waals surface area contributed by atoms with Crippen molar-refractivity contribution in [1.82, 2.24) is 0 Å². The minimum absolute atomic E-state index is 0.0422. The van der Waals surface area contributed by atoms with Crippen LogP contribution >= 0.6 is 0 Å². The first-order valence-corrected chi connectivity index (χ1v) is 6.77. The molecule has 0 radical (unpaired) electrons. The molecule has 0 saturated carbocycles. The lowest BCUT2D eigenvalue weighted by atomic mass is 10.1. The molecule has 0 aromatic heterocycles. The summed E-state index contributed by atoms with van der Waals surface area (Å²) in [5.41, 5.74) is 3.20. The molecule has 0 aliphatic heterocycles. The molecule has 0 aliphatic carbocycles. The quantitative estimate of drug-likeness (QED) is 0.849. The van der Waals surface area contributed by atoms with Crippen LogP contribution in [0.15, 0.2) is 48.5 Å². The van der Waals surface area contributed by atoms with E-state index < -0.39 is 0 Å². The lowest BCUT2D eigenvalue weighted by Gasteiger charge is -2.06. The predicted molar refractivity (Wildman–Crippen MR) is 84.2 cm³/mol. The summed E-state index contributed by atoms with van der Waals surface area (Å²) in [6.07, 6.45) is 0.430. The van der Waals surface area contributed by atoms with Crippen LogP contribution in [0, 0.1) is 18.8 Å². The highest BCUT2D eigenvalue weighted by Crippen LogP contribution is 2.12. The Balaban J connectivity index is 2.13. The molecule has 106 valence electrons. The number of carbonyl (C=O) groups is 1. The van der Waals surface area contributed by atoms with E-state index in [2.05, 4.69) is 17.2 Å². The molecule has 0 heterocycles. The number of benzene rings is 2. The zero-order chi connectivity index (χ0) is 15.1. The Morgan fingerprint density at radius 2 is 2.00 bits per heavy atom. The first-order valence-electron chi connectivity index (χ1n) is 6.77. The number of aliphatic hydroxyl groups is 1. The molecule has 2 rings (SSSR count). The third kappa shape index (κ3) is 4.48. The molecule has 2 aromatic rings. The van der Waals surface area contributed by atoms with E-state index in [0.29, 0.717) is 12.0 Å². The minimum atomic E-state index is -0.161. The molecule has 0 fully saturated rings. The summed E-state index contributed by atoms with van der Waals surface area (Å²) < 4.78 is 0. The van der Waals surface area contributed by atoms with E-state index in [4.69, 9.17) is 5.11 Å². The van der Waals surface area contributed by atoms with Crippen LogP contribution in [-0.2, 0) is 0 Å². The van der Waals surface area contributed by atoms with Crippen molar-refractivity contribution in [3.05, 3.63) is 65.2 Å². The fraction of sp³-hybridized carbons (Fsp3) is 0.167.